The van der Waals surface area contributed by atoms with Crippen molar-refractivity contribution in [3.05, 3.63) is 65.5 Å². The lowest BCUT2D eigenvalue weighted by Crippen LogP contribution is -2.47. The summed E-state index contributed by atoms with van der Waals surface area (Å²) in [6, 6.07) is 13.2. The number of nitrogens with one attached hydrogen (secondary N) is 1. The molecule has 1 N–H and O–H groups in total. The molecule has 0 bridgehead atoms. The van der Waals surface area contributed by atoms with Crippen LogP contribution in [0.3, 0.4) is 0 Å². The highest BCUT2D eigenvalue weighted by Gasteiger charge is 2.23. The zero-order valence-electron chi connectivity index (χ0n) is 15.1. The molecule has 6 nitrogen and oxygen atoms in total. The van der Waals surface area contributed by atoms with Crippen LogP contribution in [0.5, 0.6) is 0 Å². The number of carbonyl (C=O) groups excluding carboxylic acids is 1. The van der Waals surface area contributed by atoms with E-state index in [-0.39, 0.29) is 11.6 Å². The number of sulfonamides is 1. The molecule has 1 saturated heterocycles. The number of hydrogen-bond donors (Lipinski definition) is 1. The van der Waals surface area contributed by atoms with Gasteiger partial charge in [0.15, 0.2) is 0 Å². The van der Waals surface area contributed by atoms with E-state index < -0.39 is 15.8 Å². The van der Waals surface area contributed by atoms with Gasteiger partial charge in [-0.15, -0.1) is 0 Å². The average molecular weight is 391 g/mol. The minimum absolute atomic E-state index is 0.143. The number of carbonyl (C=O) groups is 1. The fourth-order valence-corrected chi connectivity index (χ4v) is 3.87. The van der Waals surface area contributed by atoms with Gasteiger partial charge >= 0.3 is 0 Å². The van der Waals surface area contributed by atoms with Crippen molar-refractivity contribution in [2.45, 2.75) is 6.54 Å². The van der Waals surface area contributed by atoms with E-state index >= 15 is 0 Å². The molecule has 3 rings (SSSR count). The first-order valence-corrected chi connectivity index (χ1v) is 10.5. The first kappa shape index (κ1) is 19.5. The van der Waals surface area contributed by atoms with Gasteiger partial charge in [0.25, 0.3) is 5.91 Å². The summed E-state index contributed by atoms with van der Waals surface area (Å²) in [7, 11) is -3.15. The molecule has 0 aromatic heterocycles. The SMILES string of the molecule is CS(=O)(=O)N1CCN(Cc2cccc(C(=O)Nc3ccccc3F)c2)CC1. The molecular weight excluding hydrogens is 369 g/mol. The van der Waals surface area contributed by atoms with Gasteiger partial charge in [-0.25, -0.2) is 12.8 Å². The Morgan fingerprint density at radius 2 is 1.78 bits per heavy atom. The molecule has 0 unspecified atom stereocenters. The van der Waals surface area contributed by atoms with Crippen LogP contribution in [0.4, 0.5) is 10.1 Å². The molecule has 144 valence electrons. The van der Waals surface area contributed by atoms with Crippen molar-refractivity contribution in [2.24, 2.45) is 0 Å². The molecule has 0 radical (unpaired) electrons. The third-order valence-electron chi connectivity index (χ3n) is 4.52. The highest BCUT2D eigenvalue weighted by atomic mass is 32.2. The Kier molecular flexibility index (Phi) is 5.88. The number of piperazine rings is 1. The van der Waals surface area contributed by atoms with E-state index in [1.807, 2.05) is 6.07 Å². The molecule has 0 atom stereocenters. The number of para-hydroxylation sites is 1. The van der Waals surface area contributed by atoms with E-state index in [2.05, 4.69) is 10.2 Å². The standard InChI is InChI=1S/C19H22FN3O3S/c1-27(25,26)23-11-9-22(10-12-23)14-15-5-4-6-16(13-15)19(24)21-18-8-3-2-7-17(18)20/h2-8,13H,9-12,14H2,1H3,(H,21,24). The van der Waals surface area contributed by atoms with Gasteiger partial charge in [-0.3, -0.25) is 9.69 Å². The molecule has 1 fully saturated rings. The summed E-state index contributed by atoms with van der Waals surface area (Å²) in [5.41, 5.74) is 1.54. The van der Waals surface area contributed by atoms with Crippen LogP contribution in [-0.4, -0.2) is 56.0 Å². The Bertz CT molecular complexity index is 925. The van der Waals surface area contributed by atoms with Crippen LogP contribution in [0.2, 0.25) is 0 Å². The molecule has 1 aliphatic heterocycles. The van der Waals surface area contributed by atoms with E-state index in [0.29, 0.717) is 38.3 Å². The lowest BCUT2D eigenvalue weighted by atomic mass is 10.1. The van der Waals surface area contributed by atoms with Crippen LogP contribution in [0, 0.1) is 5.82 Å². The summed E-state index contributed by atoms with van der Waals surface area (Å²) in [4.78, 5) is 14.5. The van der Waals surface area contributed by atoms with Crippen molar-refractivity contribution in [1.29, 1.82) is 0 Å². The van der Waals surface area contributed by atoms with Crippen LogP contribution in [0.25, 0.3) is 0 Å². The molecule has 0 aliphatic carbocycles. The predicted octanol–water partition coefficient (Wildman–Crippen LogP) is 2.16. The van der Waals surface area contributed by atoms with E-state index in [1.54, 1.807) is 30.3 Å². The second-order valence-corrected chi connectivity index (χ2v) is 8.55. The summed E-state index contributed by atoms with van der Waals surface area (Å²) >= 11 is 0. The fraction of sp³-hybridized carbons (Fsp3) is 0.316. The van der Waals surface area contributed by atoms with Crippen molar-refractivity contribution in [1.82, 2.24) is 9.21 Å². The number of anilines is 1. The van der Waals surface area contributed by atoms with E-state index in [1.165, 1.54) is 22.7 Å². The van der Waals surface area contributed by atoms with E-state index in [0.717, 1.165) is 5.56 Å². The molecule has 2 aromatic rings. The third-order valence-corrected chi connectivity index (χ3v) is 5.82. The largest absolute Gasteiger partial charge is 0.319 e. The lowest BCUT2D eigenvalue weighted by molar-refractivity contribution is 0.102. The first-order valence-electron chi connectivity index (χ1n) is 8.65. The summed E-state index contributed by atoms with van der Waals surface area (Å²) in [5, 5.41) is 2.58. The Hall–Kier alpha value is -2.29. The Balaban J connectivity index is 1.62. The summed E-state index contributed by atoms with van der Waals surface area (Å²) in [6.07, 6.45) is 1.22. The molecule has 1 heterocycles. The minimum Gasteiger partial charge on any atom is -0.319 e. The molecule has 8 heteroatoms. The maximum atomic E-state index is 13.7. The van der Waals surface area contributed by atoms with Gasteiger partial charge in [0, 0.05) is 38.3 Å². The fourth-order valence-electron chi connectivity index (χ4n) is 3.05. The van der Waals surface area contributed by atoms with Crippen molar-refractivity contribution < 1.29 is 17.6 Å². The molecule has 0 spiro atoms. The zero-order valence-corrected chi connectivity index (χ0v) is 15.9. The second-order valence-electron chi connectivity index (χ2n) is 6.57. The Labute approximate surface area is 158 Å². The highest BCUT2D eigenvalue weighted by molar-refractivity contribution is 7.88. The topological polar surface area (TPSA) is 69.7 Å². The number of rotatable bonds is 5. The highest BCUT2D eigenvalue weighted by Crippen LogP contribution is 2.16. The normalized spacial score (nSPS) is 16.2. The monoisotopic (exact) mass is 391 g/mol. The predicted molar refractivity (Wildman–Crippen MR) is 102 cm³/mol. The molecule has 1 amide bonds. The van der Waals surface area contributed by atoms with Gasteiger partial charge in [-0.05, 0) is 29.8 Å². The number of amides is 1. The lowest BCUT2D eigenvalue weighted by Gasteiger charge is -2.33. The van der Waals surface area contributed by atoms with Crippen LogP contribution in [0.1, 0.15) is 15.9 Å². The van der Waals surface area contributed by atoms with E-state index in [9.17, 15) is 17.6 Å². The summed E-state index contributed by atoms with van der Waals surface area (Å²) in [6.45, 7) is 2.83. The summed E-state index contributed by atoms with van der Waals surface area (Å²) in [5.74, 6) is -0.852. The zero-order chi connectivity index (χ0) is 19.4. The van der Waals surface area contributed by atoms with Gasteiger partial charge < -0.3 is 5.32 Å². The van der Waals surface area contributed by atoms with Gasteiger partial charge in [0.2, 0.25) is 10.0 Å². The molecule has 1 aliphatic rings. The van der Waals surface area contributed by atoms with Crippen LogP contribution in [-0.2, 0) is 16.6 Å². The number of nitrogens with zero attached hydrogens (tertiary/aromatic N) is 2. The van der Waals surface area contributed by atoms with Crippen LogP contribution < -0.4 is 5.32 Å². The minimum atomic E-state index is -3.15. The smallest absolute Gasteiger partial charge is 0.255 e. The quantitative estimate of drug-likeness (QED) is 0.848. The second kappa shape index (κ2) is 8.16. The maximum absolute atomic E-state index is 13.7. The van der Waals surface area contributed by atoms with Crippen molar-refractivity contribution in [3.63, 3.8) is 0 Å². The van der Waals surface area contributed by atoms with Crippen molar-refractivity contribution in [2.75, 3.05) is 37.8 Å². The van der Waals surface area contributed by atoms with E-state index in [4.69, 9.17) is 0 Å². The molecule has 27 heavy (non-hydrogen) atoms. The number of benzene rings is 2. The third kappa shape index (κ3) is 5.12. The maximum Gasteiger partial charge on any atom is 0.255 e. The van der Waals surface area contributed by atoms with Crippen LogP contribution >= 0.6 is 0 Å². The summed E-state index contributed by atoms with van der Waals surface area (Å²) < 4.78 is 38.3. The average Bonchev–Trinajstić information content (AvgIpc) is 2.63. The molecule has 0 saturated carbocycles. The Morgan fingerprint density at radius 3 is 2.44 bits per heavy atom. The number of hydrogen-bond acceptors (Lipinski definition) is 4. The van der Waals surface area contributed by atoms with Gasteiger partial charge in [0.1, 0.15) is 5.82 Å². The van der Waals surface area contributed by atoms with Gasteiger partial charge in [-0.2, -0.15) is 4.31 Å². The van der Waals surface area contributed by atoms with Crippen molar-refractivity contribution >= 4 is 21.6 Å². The molecule has 2 aromatic carbocycles. The van der Waals surface area contributed by atoms with Gasteiger partial charge in [0.05, 0.1) is 11.9 Å². The number of halogens is 1. The van der Waals surface area contributed by atoms with Crippen LogP contribution in [0.15, 0.2) is 48.5 Å². The Morgan fingerprint density at radius 1 is 1.07 bits per heavy atom. The molecular formula is C19H22FN3O3S. The van der Waals surface area contributed by atoms with Gasteiger partial charge in [-0.1, -0.05) is 24.3 Å². The van der Waals surface area contributed by atoms with Crippen molar-refractivity contribution in [3.8, 4) is 0 Å². The first-order chi connectivity index (χ1) is 12.8.